The van der Waals surface area contributed by atoms with Crippen LogP contribution >= 0.6 is 0 Å². The number of likely N-dealkylation sites (N-methyl/N-ethyl adjacent to an activating group) is 2. The first-order valence-electron chi connectivity index (χ1n) is 11.9. The summed E-state index contributed by atoms with van der Waals surface area (Å²) < 4.78 is 19.6. The van der Waals surface area contributed by atoms with E-state index in [-0.39, 0.29) is 23.5 Å². The van der Waals surface area contributed by atoms with Crippen LogP contribution in [0.2, 0.25) is 0 Å². The maximum absolute atomic E-state index is 13.5. The van der Waals surface area contributed by atoms with E-state index in [1.807, 2.05) is 18.2 Å². The highest BCUT2D eigenvalue weighted by molar-refractivity contribution is 5.99. The summed E-state index contributed by atoms with van der Waals surface area (Å²) in [6.45, 7) is 3.32. The first-order valence-corrected chi connectivity index (χ1v) is 11.9. The first kappa shape index (κ1) is 25.9. The van der Waals surface area contributed by atoms with Gasteiger partial charge in [0.1, 0.15) is 29.1 Å². The summed E-state index contributed by atoms with van der Waals surface area (Å²) in [5.41, 5.74) is 2.31. The molecule has 2 unspecified atom stereocenters. The lowest BCUT2D eigenvalue weighted by atomic mass is 9.88. The molecule has 0 aromatic heterocycles. The predicted molar refractivity (Wildman–Crippen MR) is 139 cm³/mol. The third-order valence-electron chi connectivity index (χ3n) is 6.45. The number of hydrogen-bond donors (Lipinski definition) is 2. The van der Waals surface area contributed by atoms with Gasteiger partial charge in [0, 0.05) is 32.3 Å². The van der Waals surface area contributed by atoms with Gasteiger partial charge in [-0.3, -0.25) is 14.4 Å². The average molecular weight is 504 g/mol. The van der Waals surface area contributed by atoms with E-state index in [9.17, 15) is 18.8 Å². The van der Waals surface area contributed by atoms with E-state index in [0.29, 0.717) is 22.4 Å². The molecule has 1 aliphatic heterocycles. The molecule has 0 saturated heterocycles. The molecule has 2 atom stereocenters. The number of fused-ring (bicyclic) bond motifs is 1. The molecule has 0 saturated carbocycles. The number of hydrogen-bond acceptors (Lipinski definition) is 4. The van der Waals surface area contributed by atoms with Crippen LogP contribution in [0.15, 0.2) is 66.7 Å². The summed E-state index contributed by atoms with van der Waals surface area (Å²) in [6, 6.07) is 18.5. The molecule has 0 aliphatic carbocycles. The van der Waals surface area contributed by atoms with Gasteiger partial charge in [-0.1, -0.05) is 30.3 Å². The van der Waals surface area contributed by atoms with Gasteiger partial charge in [-0.25, -0.2) is 4.39 Å². The number of halogens is 1. The molecule has 2 N–H and O–H groups in total. The Kier molecular flexibility index (Phi) is 7.03. The summed E-state index contributed by atoms with van der Waals surface area (Å²) in [7, 11) is 4.85. The van der Waals surface area contributed by atoms with Crippen LogP contribution in [0.4, 0.5) is 4.39 Å². The zero-order valence-electron chi connectivity index (χ0n) is 21.5. The van der Waals surface area contributed by atoms with Gasteiger partial charge in [0.15, 0.2) is 0 Å². The van der Waals surface area contributed by atoms with Crippen LogP contribution in [0.25, 0.3) is 11.1 Å². The smallest absolute Gasteiger partial charge is 0.252 e. The highest BCUT2D eigenvalue weighted by Gasteiger charge is 2.40. The lowest BCUT2D eigenvalue weighted by Crippen LogP contribution is -2.54. The molecular formula is C29H30FN3O4. The third-order valence-corrected chi connectivity index (χ3v) is 6.45. The highest BCUT2D eigenvalue weighted by atomic mass is 19.1. The minimum Gasteiger partial charge on any atom is -0.484 e. The predicted octanol–water partition coefficient (Wildman–Crippen LogP) is 4.05. The van der Waals surface area contributed by atoms with Crippen molar-refractivity contribution < 1.29 is 23.5 Å². The van der Waals surface area contributed by atoms with E-state index >= 15 is 0 Å². The molecule has 0 radical (unpaired) electrons. The van der Waals surface area contributed by atoms with Gasteiger partial charge in [0.25, 0.3) is 5.91 Å². The minimum atomic E-state index is -1.07. The second-order valence-electron chi connectivity index (χ2n) is 9.79. The van der Waals surface area contributed by atoms with Crippen molar-refractivity contribution in [3.05, 3.63) is 89.2 Å². The number of nitrogens with one attached hydrogen (secondary N) is 2. The Labute approximate surface area is 215 Å². The lowest BCUT2D eigenvalue weighted by Gasteiger charge is -2.28. The van der Waals surface area contributed by atoms with Crippen molar-refractivity contribution in [1.82, 2.24) is 15.5 Å². The molecule has 37 heavy (non-hydrogen) atoms. The quantitative estimate of drug-likeness (QED) is 0.531. The van der Waals surface area contributed by atoms with Crippen LogP contribution in [0.3, 0.4) is 0 Å². The molecule has 0 bridgehead atoms. The molecule has 1 heterocycles. The largest absolute Gasteiger partial charge is 0.484 e. The first-order chi connectivity index (χ1) is 17.5. The summed E-state index contributed by atoms with van der Waals surface area (Å²) in [4.78, 5) is 39.8. The Balaban J connectivity index is 1.65. The molecule has 0 spiro atoms. The SMILES string of the molecule is CNC(=O)C1c2cc(-c3cccc(C(=O)NC(C)(C)C(=O)N(C)C)c3)ccc2OC1c1ccc(F)cc1. The lowest BCUT2D eigenvalue weighted by molar-refractivity contribution is -0.134. The molecule has 8 heteroatoms. The molecule has 7 nitrogen and oxygen atoms in total. The second kappa shape index (κ2) is 10.0. The maximum atomic E-state index is 13.5. The minimum absolute atomic E-state index is 0.216. The Morgan fingerprint density at radius 1 is 0.946 bits per heavy atom. The van der Waals surface area contributed by atoms with Crippen molar-refractivity contribution in [3.8, 4) is 16.9 Å². The van der Waals surface area contributed by atoms with Crippen molar-refractivity contribution in [1.29, 1.82) is 0 Å². The van der Waals surface area contributed by atoms with Crippen LogP contribution < -0.4 is 15.4 Å². The van der Waals surface area contributed by atoms with Gasteiger partial charge < -0.3 is 20.3 Å². The summed E-state index contributed by atoms with van der Waals surface area (Å²) in [5.74, 6) is -1.22. The van der Waals surface area contributed by atoms with E-state index in [1.165, 1.54) is 17.0 Å². The molecule has 3 aromatic rings. The Morgan fingerprint density at radius 3 is 2.27 bits per heavy atom. The topological polar surface area (TPSA) is 87.7 Å². The van der Waals surface area contributed by atoms with Crippen molar-refractivity contribution in [2.45, 2.75) is 31.4 Å². The van der Waals surface area contributed by atoms with Gasteiger partial charge in [0.05, 0.1) is 0 Å². The Morgan fingerprint density at radius 2 is 1.62 bits per heavy atom. The fourth-order valence-corrected chi connectivity index (χ4v) is 4.60. The summed E-state index contributed by atoms with van der Waals surface area (Å²) in [6.07, 6.45) is -0.598. The fraction of sp³-hybridized carbons (Fsp3) is 0.276. The van der Waals surface area contributed by atoms with Crippen LogP contribution in [-0.4, -0.2) is 49.3 Å². The van der Waals surface area contributed by atoms with Crippen molar-refractivity contribution in [2.75, 3.05) is 21.1 Å². The van der Waals surface area contributed by atoms with Crippen molar-refractivity contribution in [2.24, 2.45) is 0 Å². The molecule has 3 aromatic carbocycles. The monoisotopic (exact) mass is 503 g/mol. The zero-order valence-corrected chi connectivity index (χ0v) is 21.5. The molecule has 0 fully saturated rings. The van der Waals surface area contributed by atoms with Crippen molar-refractivity contribution >= 4 is 17.7 Å². The Bertz CT molecular complexity index is 1350. The van der Waals surface area contributed by atoms with E-state index < -0.39 is 17.6 Å². The third kappa shape index (κ3) is 5.18. The standard InChI is InChI=1S/C29H30FN3O4/c1-29(2,28(36)33(4)5)32-26(34)20-8-6-7-18(15-20)19-11-14-23-22(16-19)24(27(35)31-3)25(37-23)17-9-12-21(30)13-10-17/h6-16,24-25H,1-5H3,(H,31,35)(H,32,34). The zero-order chi connectivity index (χ0) is 26.9. The number of carbonyl (C=O) groups excluding carboxylic acids is 3. The van der Waals surface area contributed by atoms with Crippen LogP contribution in [0.5, 0.6) is 5.75 Å². The maximum Gasteiger partial charge on any atom is 0.252 e. The van der Waals surface area contributed by atoms with E-state index in [1.54, 1.807) is 71.4 Å². The van der Waals surface area contributed by atoms with Gasteiger partial charge in [0.2, 0.25) is 11.8 Å². The molecule has 1 aliphatic rings. The molecular weight excluding hydrogens is 473 g/mol. The number of ether oxygens (including phenoxy) is 1. The highest BCUT2D eigenvalue weighted by Crippen LogP contribution is 2.47. The second-order valence-corrected chi connectivity index (χ2v) is 9.79. The van der Waals surface area contributed by atoms with Gasteiger partial charge in [-0.05, 0) is 66.9 Å². The fourth-order valence-electron chi connectivity index (χ4n) is 4.60. The van der Waals surface area contributed by atoms with Crippen LogP contribution in [-0.2, 0) is 9.59 Å². The van der Waals surface area contributed by atoms with Crippen LogP contribution in [0.1, 0.15) is 47.4 Å². The number of benzene rings is 3. The van der Waals surface area contributed by atoms with Gasteiger partial charge in [-0.2, -0.15) is 0 Å². The molecule has 4 rings (SSSR count). The summed E-state index contributed by atoms with van der Waals surface area (Å²) >= 11 is 0. The number of amides is 3. The normalized spacial score (nSPS) is 16.4. The van der Waals surface area contributed by atoms with E-state index in [0.717, 1.165) is 11.1 Å². The van der Waals surface area contributed by atoms with Crippen molar-refractivity contribution in [3.63, 3.8) is 0 Å². The van der Waals surface area contributed by atoms with Gasteiger partial charge in [-0.15, -0.1) is 0 Å². The summed E-state index contributed by atoms with van der Waals surface area (Å²) in [5, 5.41) is 5.51. The number of nitrogens with zero attached hydrogens (tertiary/aromatic N) is 1. The van der Waals surface area contributed by atoms with Crippen LogP contribution in [0, 0.1) is 5.82 Å². The van der Waals surface area contributed by atoms with Gasteiger partial charge >= 0.3 is 0 Å². The Hall–Kier alpha value is -4.20. The number of rotatable bonds is 6. The van der Waals surface area contributed by atoms with E-state index in [2.05, 4.69) is 10.6 Å². The number of carbonyl (C=O) groups is 3. The van der Waals surface area contributed by atoms with E-state index in [4.69, 9.17) is 4.74 Å². The molecule has 192 valence electrons. The average Bonchev–Trinajstić information content (AvgIpc) is 3.26. The molecule has 3 amide bonds.